The van der Waals surface area contributed by atoms with Gasteiger partial charge in [-0.2, -0.15) is 9.97 Å². The lowest BCUT2D eigenvalue weighted by Gasteiger charge is -2.30. The fourth-order valence-corrected chi connectivity index (χ4v) is 6.14. The van der Waals surface area contributed by atoms with Gasteiger partial charge in [-0.25, -0.2) is 9.78 Å². The van der Waals surface area contributed by atoms with E-state index < -0.39 is 5.97 Å². The van der Waals surface area contributed by atoms with Crippen LogP contribution in [0.15, 0.2) is 37.1 Å². The topological polar surface area (TPSA) is 138 Å². The van der Waals surface area contributed by atoms with Gasteiger partial charge in [-0.3, -0.25) is 9.78 Å². The molecule has 1 atom stereocenters. The molecule has 2 aliphatic heterocycles. The van der Waals surface area contributed by atoms with Crippen molar-refractivity contribution in [3.8, 4) is 5.88 Å². The highest BCUT2D eigenvalue weighted by Crippen LogP contribution is 2.44. The van der Waals surface area contributed by atoms with E-state index in [-0.39, 0.29) is 35.0 Å². The van der Waals surface area contributed by atoms with Crippen LogP contribution in [0.1, 0.15) is 62.3 Å². The number of carbonyl (C=O) groups is 2. The molecule has 1 saturated heterocycles. The number of likely N-dealkylation sites (N-methyl/N-ethyl adjacent to an activating group) is 1. The van der Waals surface area contributed by atoms with E-state index in [4.69, 9.17) is 24.4 Å². The molecule has 1 amide bonds. The van der Waals surface area contributed by atoms with Crippen LogP contribution in [0, 0.1) is 6.92 Å². The SMILES string of the molecule is C=CC(=O)Nc1cc(Nc2ncc(C(=O)OC(C)C)c(N3CC(C)(C)c4nc(C)ccc43)n2)c(OC)nc1N1CCC[C@H]1CN(C)C. The van der Waals surface area contributed by atoms with Crippen molar-refractivity contribution in [2.24, 2.45) is 0 Å². The Balaban J connectivity index is 1.58. The monoisotopic (exact) mass is 643 g/mol. The number of nitrogens with one attached hydrogen (secondary N) is 2. The lowest BCUT2D eigenvalue weighted by atomic mass is 9.91. The van der Waals surface area contributed by atoms with Crippen LogP contribution in [0.3, 0.4) is 0 Å². The van der Waals surface area contributed by atoms with Gasteiger partial charge in [0.2, 0.25) is 17.7 Å². The van der Waals surface area contributed by atoms with Gasteiger partial charge in [-0.1, -0.05) is 20.4 Å². The van der Waals surface area contributed by atoms with Crippen LogP contribution in [0.4, 0.5) is 34.6 Å². The Hall–Kier alpha value is -4.78. The minimum atomic E-state index is -0.524. The second kappa shape index (κ2) is 13.5. The first kappa shape index (κ1) is 33.6. The van der Waals surface area contributed by atoms with Crippen LogP contribution in [0.5, 0.6) is 5.88 Å². The number of aromatic nitrogens is 4. The first-order chi connectivity index (χ1) is 22.3. The number of methoxy groups -OCH3 is 1. The third kappa shape index (κ3) is 7.14. The lowest BCUT2D eigenvalue weighted by molar-refractivity contribution is -0.111. The molecule has 1 fully saturated rings. The summed E-state index contributed by atoms with van der Waals surface area (Å²) in [7, 11) is 5.62. The van der Waals surface area contributed by atoms with Crippen molar-refractivity contribution in [2.75, 3.05) is 61.3 Å². The molecule has 3 aromatic heterocycles. The highest BCUT2D eigenvalue weighted by Gasteiger charge is 2.40. The van der Waals surface area contributed by atoms with E-state index in [1.165, 1.54) is 19.4 Å². The summed E-state index contributed by atoms with van der Waals surface area (Å²) in [4.78, 5) is 51.3. The van der Waals surface area contributed by atoms with Gasteiger partial charge in [-0.15, -0.1) is 0 Å². The van der Waals surface area contributed by atoms with Gasteiger partial charge in [0.05, 0.1) is 30.3 Å². The summed E-state index contributed by atoms with van der Waals surface area (Å²) in [6.07, 6.45) is 4.37. The van der Waals surface area contributed by atoms with Gasteiger partial charge >= 0.3 is 5.97 Å². The molecule has 0 aliphatic carbocycles. The zero-order valence-corrected chi connectivity index (χ0v) is 28.5. The molecule has 47 heavy (non-hydrogen) atoms. The average molecular weight is 644 g/mol. The predicted molar refractivity (Wildman–Crippen MR) is 183 cm³/mol. The van der Waals surface area contributed by atoms with Gasteiger partial charge in [0.15, 0.2) is 11.6 Å². The quantitative estimate of drug-likeness (QED) is 0.215. The standard InChI is InChI=1S/C34H45N9O4/c1-10-27(44)37-24-16-25(31(46-9)39-30(24)42-15-11-12-22(42)18-41(7)8)38-33-35-17-23(32(45)47-20(2)3)29(40-33)43-19-34(5,6)28-26(43)14-13-21(4)36-28/h10,13-14,16-17,20,22H,1,11-12,15,18-19H2,2-9H3,(H,37,44)(H,35,38,40)/t22-/m0/s1. The molecule has 250 valence electrons. The smallest absolute Gasteiger partial charge is 0.343 e. The summed E-state index contributed by atoms with van der Waals surface area (Å²) < 4.78 is 11.3. The van der Waals surface area contributed by atoms with Crippen molar-refractivity contribution >= 4 is 46.5 Å². The van der Waals surface area contributed by atoms with E-state index in [9.17, 15) is 9.59 Å². The minimum absolute atomic E-state index is 0.202. The largest absolute Gasteiger partial charge is 0.479 e. The van der Waals surface area contributed by atoms with E-state index in [1.54, 1.807) is 19.9 Å². The molecule has 13 heteroatoms. The summed E-state index contributed by atoms with van der Waals surface area (Å²) in [5.74, 6) is 0.611. The number of esters is 1. The fraction of sp³-hybridized carbons (Fsp3) is 0.471. The zero-order valence-electron chi connectivity index (χ0n) is 28.5. The molecule has 2 aliphatic rings. The number of aryl methyl sites for hydroxylation is 1. The van der Waals surface area contributed by atoms with Crippen LogP contribution in [-0.4, -0.2) is 89.7 Å². The predicted octanol–water partition coefficient (Wildman–Crippen LogP) is 4.98. The molecule has 2 N–H and O–H groups in total. The molecule has 5 rings (SSSR count). The summed E-state index contributed by atoms with van der Waals surface area (Å²) in [5, 5.41) is 6.16. The molecular formula is C34H45N9O4. The molecule has 0 saturated carbocycles. The van der Waals surface area contributed by atoms with E-state index in [2.05, 4.69) is 45.8 Å². The van der Waals surface area contributed by atoms with Crippen LogP contribution in [-0.2, 0) is 14.9 Å². The molecule has 0 unspecified atom stereocenters. The van der Waals surface area contributed by atoms with Gasteiger partial charge in [0.25, 0.3) is 0 Å². The van der Waals surface area contributed by atoms with E-state index in [1.807, 2.05) is 38.1 Å². The Labute approximate surface area is 276 Å². The number of hydrogen-bond acceptors (Lipinski definition) is 12. The van der Waals surface area contributed by atoms with Crippen molar-refractivity contribution in [1.82, 2.24) is 24.8 Å². The number of ether oxygens (including phenoxy) is 2. The van der Waals surface area contributed by atoms with Crippen LogP contribution >= 0.6 is 0 Å². The lowest BCUT2D eigenvalue weighted by Crippen LogP contribution is -2.38. The van der Waals surface area contributed by atoms with Crippen molar-refractivity contribution < 1.29 is 19.1 Å². The number of carbonyl (C=O) groups excluding carboxylic acids is 2. The number of hydrogen-bond donors (Lipinski definition) is 2. The number of anilines is 6. The normalized spacial score (nSPS) is 16.8. The summed E-state index contributed by atoms with van der Waals surface area (Å²) in [5.41, 5.74) is 3.55. The Morgan fingerprint density at radius 3 is 2.62 bits per heavy atom. The first-order valence-electron chi connectivity index (χ1n) is 15.9. The van der Waals surface area contributed by atoms with Gasteiger partial charge < -0.3 is 34.8 Å². The number of pyridine rings is 2. The molecule has 13 nitrogen and oxygen atoms in total. The average Bonchev–Trinajstić information content (AvgIpc) is 3.57. The highest BCUT2D eigenvalue weighted by atomic mass is 16.5. The Kier molecular flexibility index (Phi) is 9.66. The van der Waals surface area contributed by atoms with E-state index >= 15 is 0 Å². The van der Waals surface area contributed by atoms with Crippen molar-refractivity contribution in [3.63, 3.8) is 0 Å². The van der Waals surface area contributed by atoms with Gasteiger partial charge in [-0.05, 0) is 72.0 Å². The maximum atomic E-state index is 13.3. The molecular weight excluding hydrogens is 598 g/mol. The Morgan fingerprint density at radius 1 is 1.17 bits per heavy atom. The molecule has 0 spiro atoms. The Bertz CT molecular complexity index is 1670. The third-order valence-electron chi connectivity index (χ3n) is 8.16. The first-order valence-corrected chi connectivity index (χ1v) is 15.9. The van der Waals surface area contributed by atoms with Crippen LogP contribution in [0.25, 0.3) is 0 Å². The maximum Gasteiger partial charge on any atom is 0.343 e. The highest BCUT2D eigenvalue weighted by molar-refractivity contribution is 6.01. The van der Waals surface area contributed by atoms with Gasteiger partial charge in [0.1, 0.15) is 11.3 Å². The number of rotatable bonds is 11. The number of nitrogens with zero attached hydrogens (tertiary/aromatic N) is 7. The van der Waals surface area contributed by atoms with Crippen molar-refractivity contribution in [3.05, 3.63) is 54.0 Å². The van der Waals surface area contributed by atoms with Crippen molar-refractivity contribution in [1.29, 1.82) is 0 Å². The van der Waals surface area contributed by atoms with Crippen LogP contribution < -0.4 is 25.2 Å². The Morgan fingerprint density at radius 2 is 1.94 bits per heavy atom. The van der Waals surface area contributed by atoms with Crippen molar-refractivity contribution in [2.45, 2.75) is 65.0 Å². The third-order valence-corrected chi connectivity index (χ3v) is 8.16. The molecule has 0 bridgehead atoms. The maximum absolute atomic E-state index is 13.3. The molecule has 0 aromatic carbocycles. The van der Waals surface area contributed by atoms with Crippen LogP contribution in [0.2, 0.25) is 0 Å². The second-order valence-corrected chi connectivity index (χ2v) is 13.2. The zero-order chi connectivity index (χ0) is 34.0. The molecule has 5 heterocycles. The molecule has 0 radical (unpaired) electrons. The summed E-state index contributed by atoms with van der Waals surface area (Å²) in [6, 6.07) is 5.93. The summed E-state index contributed by atoms with van der Waals surface area (Å²) in [6.45, 7) is 15.6. The van der Waals surface area contributed by atoms with E-state index in [0.717, 1.165) is 43.0 Å². The van der Waals surface area contributed by atoms with Gasteiger partial charge in [0, 0.05) is 43.0 Å². The number of amides is 1. The second-order valence-electron chi connectivity index (χ2n) is 13.2. The summed E-state index contributed by atoms with van der Waals surface area (Å²) >= 11 is 0. The number of fused-ring (bicyclic) bond motifs is 1. The van der Waals surface area contributed by atoms with E-state index in [0.29, 0.717) is 35.4 Å². The fourth-order valence-electron chi connectivity index (χ4n) is 6.14. The minimum Gasteiger partial charge on any atom is -0.479 e. The molecule has 3 aromatic rings.